The molecule has 17 heavy (non-hydrogen) atoms. The predicted octanol–water partition coefficient (Wildman–Crippen LogP) is 1.54. The molecule has 1 amide bonds. The summed E-state index contributed by atoms with van der Waals surface area (Å²) in [6, 6.07) is 5.96. The Balaban J connectivity index is 2.08. The Hall–Kier alpha value is -0.980. The van der Waals surface area contributed by atoms with Gasteiger partial charge in [-0.25, -0.2) is 0 Å². The number of carbonyl (C=O) groups excluding carboxylic acids is 1. The van der Waals surface area contributed by atoms with Crippen LogP contribution in [0.4, 0.5) is 11.4 Å². The second kappa shape index (κ2) is 5.12. The molecule has 1 aromatic carbocycles. The third-order valence-corrected chi connectivity index (χ3v) is 3.90. The van der Waals surface area contributed by atoms with E-state index in [0.717, 1.165) is 31.9 Å². The van der Waals surface area contributed by atoms with Gasteiger partial charge in [0.1, 0.15) is 0 Å². The van der Waals surface area contributed by atoms with E-state index < -0.39 is 0 Å². The summed E-state index contributed by atoms with van der Waals surface area (Å²) < 4.78 is 1.17. The van der Waals surface area contributed by atoms with E-state index in [4.69, 9.17) is 5.73 Å². The van der Waals surface area contributed by atoms with E-state index in [1.54, 1.807) is 6.92 Å². The molecule has 4 nitrogen and oxygen atoms in total. The molecule has 1 saturated heterocycles. The summed E-state index contributed by atoms with van der Waals surface area (Å²) >= 11 is 2.30. The number of nitrogens with two attached hydrogens (primary N) is 1. The highest BCUT2D eigenvalue weighted by atomic mass is 127. The van der Waals surface area contributed by atoms with Gasteiger partial charge < -0.3 is 15.5 Å². The number of hydrogen-bond donors (Lipinski definition) is 1. The molecule has 1 aromatic rings. The number of rotatable bonds is 1. The lowest BCUT2D eigenvalue weighted by atomic mass is 10.2. The molecule has 1 heterocycles. The van der Waals surface area contributed by atoms with Gasteiger partial charge in [-0.3, -0.25) is 4.79 Å². The molecule has 2 N–H and O–H groups in total. The maximum Gasteiger partial charge on any atom is 0.219 e. The normalized spacial score (nSPS) is 16.1. The average molecular weight is 345 g/mol. The van der Waals surface area contributed by atoms with Crippen molar-refractivity contribution >= 4 is 39.9 Å². The second-order valence-corrected chi connectivity index (χ2v) is 5.37. The van der Waals surface area contributed by atoms with Crippen molar-refractivity contribution < 1.29 is 4.79 Å². The van der Waals surface area contributed by atoms with Gasteiger partial charge in [-0.15, -0.1) is 0 Å². The van der Waals surface area contributed by atoms with Crippen LogP contribution in [-0.4, -0.2) is 37.0 Å². The fraction of sp³-hybridized carbons (Fsp3) is 0.417. The number of halogens is 1. The number of carbonyl (C=O) groups is 1. The van der Waals surface area contributed by atoms with E-state index in [2.05, 4.69) is 33.6 Å². The zero-order valence-corrected chi connectivity index (χ0v) is 12.0. The molecule has 5 heteroatoms. The molecule has 0 radical (unpaired) electrons. The largest absolute Gasteiger partial charge is 0.399 e. The van der Waals surface area contributed by atoms with Crippen molar-refractivity contribution in [1.29, 1.82) is 0 Å². The lowest BCUT2D eigenvalue weighted by Crippen LogP contribution is -2.48. The van der Waals surface area contributed by atoms with Gasteiger partial charge in [-0.2, -0.15) is 0 Å². The first-order valence-electron chi connectivity index (χ1n) is 5.63. The van der Waals surface area contributed by atoms with Crippen LogP contribution in [0.3, 0.4) is 0 Å². The van der Waals surface area contributed by atoms with Crippen molar-refractivity contribution in [2.24, 2.45) is 0 Å². The second-order valence-electron chi connectivity index (χ2n) is 4.20. The first-order valence-corrected chi connectivity index (χ1v) is 6.71. The van der Waals surface area contributed by atoms with Crippen LogP contribution >= 0.6 is 22.6 Å². The zero-order valence-electron chi connectivity index (χ0n) is 9.82. The average Bonchev–Trinajstić information content (AvgIpc) is 2.29. The van der Waals surface area contributed by atoms with Gasteiger partial charge in [-0.05, 0) is 40.8 Å². The standard InChI is InChI=1S/C12H16IN3O/c1-9(17)15-4-6-16(7-5-15)12-3-2-10(14)8-11(12)13/h2-3,8H,4-7,14H2,1H3. The molecule has 0 aliphatic carbocycles. The summed E-state index contributed by atoms with van der Waals surface area (Å²) in [5, 5.41) is 0. The van der Waals surface area contributed by atoms with Gasteiger partial charge in [0, 0.05) is 42.4 Å². The third-order valence-electron chi connectivity index (χ3n) is 3.04. The van der Waals surface area contributed by atoms with Crippen molar-refractivity contribution in [2.45, 2.75) is 6.92 Å². The number of anilines is 2. The van der Waals surface area contributed by atoms with Crippen molar-refractivity contribution in [1.82, 2.24) is 4.90 Å². The highest BCUT2D eigenvalue weighted by Gasteiger charge is 2.19. The Morgan fingerprint density at radius 1 is 1.29 bits per heavy atom. The Kier molecular flexibility index (Phi) is 3.76. The molecule has 0 spiro atoms. The van der Waals surface area contributed by atoms with E-state index in [9.17, 15) is 4.79 Å². The van der Waals surface area contributed by atoms with E-state index in [0.29, 0.717) is 0 Å². The summed E-state index contributed by atoms with van der Waals surface area (Å²) in [6.45, 7) is 5.01. The van der Waals surface area contributed by atoms with E-state index in [-0.39, 0.29) is 5.91 Å². The quantitative estimate of drug-likeness (QED) is 0.621. The molecule has 92 valence electrons. The topological polar surface area (TPSA) is 49.6 Å². The Labute approximate surface area is 115 Å². The maximum atomic E-state index is 11.2. The van der Waals surface area contributed by atoms with Gasteiger partial charge in [0.2, 0.25) is 5.91 Å². The lowest BCUT2D eigenvalue weighted by Gasteiger charge is -2.36. The molecular weight excluding hydrogens is 329 g/mol. The molecule has 0 atom stereocenters. The van der Waals surface area contributed by atoms with Crippen LogP contribution < -0.4 is 10.6 Å². The third kappa shape index (κ3) is 2.83. The number of benzene rings is 1. The molecule has 0 unspecified atom stereocenters. The van der Waals surface area contributed by atoms with Gasteiger partial charge in [-0.1, -0.05) is 0 Å². The zero-order chi connectivity index (χ0) is 12.4. The summed E-state index contributed by atoms with van der Waals surface area (Å²) in [7, 11) is 0. The molecular formula is C12H16IN3O. The molecule has 1 aliphatic rings. The van der Waals surface area contributed by atoms with Crippen LogP contribution in [0.1, 0.15) is 6.92 Å². The van der Waals surface area contributed by atoms with Crippen LogP contribution in [-0.2, 0) is 4.79 Å². The Bertz CT molecular complexity index is 428. The van der Waals surface area contributed by atoms with Crippen LogP contribution in [0.5, 0.6) is 0 Å². The minimum atomic E-state index is 0.164. The molecule has 2 rings (SSSR count). The van der Waals surface area contributed by atoms with Crippen LogP contribution in [0.25, 0.3) is 0 Å². The van der Waals surface area contributed by atoms with Crippen molar-refractivity contribution in [3.8, 4) is 0 Å². The van der Waals surface area contributed by atoms with Crippen molar-refractivity contribution in [2.75, 3.05) is 36.8 Å². The van der Waals surface area contributed by atoms with E-state index in [1.807, 2.05) is 17.0 Å². The number of piperazine rings is 1. The minimum absolute atomic E-state index is 0.164. The molecule has 1 aliphatic heterocycles. The van der Waals surface area contributed by atoms with Crippen LogP contribution in [0, 0.1) is 3.57 Å². The molecule has 0 saturated carbocycles. The lowest BCUT2D eigenvalue weighted by molar-refractivity contribution is -0.129. The van der Waals surface area contributed by atoms with Crippen LogP contribution in [0.2, 0.25) is 0 Å². The first kappa shape index (κ1) is 12.5. The van der Waals surface area contributed by atoms with Gasteiger partial charge in [0.15, 0.2) is 0 Å². The number of nitrogen functional groups attached to an aromatic ring is 1. The van der Waals surface area contributed by atoms with Gasteiger partial charge >= 0.3 is 0 Å². The Morgan fingerprint density at radius 2 is 1.94 bits per heavy atom. The summed E-state index contributed by atoms with van der Waals surface area (Å²) in [5.74, 6) is 0.164. The SMILES string of the molecule is CC(=O)N1CCN(c2ccc(N)cc2I)CC1. The Morgan fingerprint density at radius 3 is 2.47 bits per heavy atom. The van der Waals surface area contributed by atoms with E-state index >= 15 is 0 Å². The van der Waals surface area contributed by atoms with Crippen molar-refractivity contribution in [3.05, 3.63) is 21.8 Å². The van der Waals surface area contributed by atoms with Gasteiger partial charge in [0.25, 0.3) is 0 Å². The number of amides is 1. The molecule has 0 aromatic heterocycles. The highest BCUT2D eigenvalue weighted by molar-refractivity contribution is 14.1. The van der Waals surface area contributed by atoms with Gasteiger partial charge in [0.05, 0.1) is 5.69 Å². The number of hydrogen-bond acceptors (Lipinski definition) is 3. The summed E-state index contributed by atoms with van der Waals surface area (Å²) in [6.07, 6.45) is 0. The molecule has 1 fully saturated rings. The summed E-state index contributed by atoms with van der Waals surface area (Å²) in [4.78, 5) is 15.4. The number of nitrogens with zero attached hydrogens (tertiary/aromatic N) is 2. The summed E-state index contributed by atoms with van der Waals surface area (Å²) in [5.41, 5.74) is 7.75. The minimum Gasteiger partial charge on any atom is -0.399 e. The first-order chi connectivity index (χ1) is 8.08. The fourth-order valence-electron chi connectivity index (χ4n) is 2.04. The van der Waals surface area contributed by atoms with Crippen LogP contribution in [0.15, 0.2) is 18.2 Å². The highest BCUT2D eigenvalue weighted by Crippen LogP contribution is 2.25. The smallest absolute Gasteiger partial charge is 0.219 e. The van der Waals surface area contributed by atoms with E-state index in [1.165, 1.54) is 9.26 Å². The fourth-order valence-corrected chi connectivity index (χ4v) is 2.92. The molecule has 0 bridgehead atoms. The maximum absolute atomic E-state index is 11.2. The monoisotopic (exact) mass is 345 g/mol. The van der Waals surface area contributed by atoms with Crippen molar-refractivity contribution in [3.63, 3.8) is 0 Å². The predicted molar refractivity (Wildman–Crippen MR) is 78.0 cm³/mol.